The molecular formula is C23H28N4O4S. The molecule has 3 heterocycles. The van der Waals surface area contributed by atoms with Gasteiger partial charge in [0.15, 0.2) is 5.76 Å². The van der Waals surface area contributed by atoms with Crippen molar-refractivity contribution in [3.63, 3.8) is 0 Å². The first-order valence-electron chi connectivity index (χ1n) is 10.7. The lowest BCUT2D eigenvalue weighted by Gasteiger charge is -2.30. The van der Waals surface area contributed by atoms with Crippen LogP contribution in [0.15, 0.2) is 52.2 Å². The van der Waals surface area contributed by atoms with Crippen LogP contribution in [0.25, 0.3) is 10.8 Å². The number of nitrogens with one attached hydrogen (secondary N) is 2. The van der Waals surface area contributed by atoms with Crippen LogP contribution in [0, 0.1) is 0 Å². The minimum absolute atomic E-state index is 0.0866. The number of anilines is 2. The Balaban J connectivity index is 1.59. The summed E-state index contributed by atoms with van der Waals surface area (Å²) in [5.41, 5.74) is 1.04. The van der Waals surface area contributed by atoms with E-state index >= 15 is 0 Å². The second-order valence-electron chi connectivity index (χ2n) is 9.03. The van der Waals surface area contributed by atoms with E-state index in [0.717, 1.165) is 29.5 Å². The Morgan fingerprint density at radius 1 is 1.03 bits per heavy atom. The first kappa shape index (κ1) is 22.3. The van der Waals surface area contributed by atoms with E-state index in [4.69, 9.17) is 4.42 Å². The summed E-state index contributed by atoms with van der Waals surface area (Å²) in [7, 11) is -3.87. The number of carbonyl (C=O) groups excluding carboxylic acids is 1. The van der Waals surface area contributed by atoms with E-state index in [0.29, 0.717) is 5.69 Å². The van der Waals surface area contributed by atoms with Crippen LogP contribution in [0.2, 0.25) is 0 Å². The first-order chi connectivity index (χ1) is 15.1. The van der Waals surface area contributed by atoms with Gasteiger partial charge in [0.2, 0.25) is 5.09 Å². The highest BCUT2D eigenvalue weighted by Gasteiger charge is 2.26. The molecule has 2 N–H and O–H groups in total. The number of benzene rings is 1. The summed E-state index contributed by atoms with van der Waals surface area (Å²) in [6, 6.07) is 8.45. The first-order valence-corrected chi connectivity index (χ1v) is 12.2. The number of fused-ring (bicyclic) bond motifs is 1. The average Bonchev–Trinajstić information content (AvgIpc) is 3.25. The molecule has 2 aromatic heterocycles. The molecule has 0 bridgehead atoms. The number of pyridine rings is 1. The van der Waals surface area contributed by atoms with Gasteiger partial charge in [-0.2, -0.15) is 0 Å². The lowest BCUT2D eigenvalue weighted by Crippen LogP contribution is -2.40. The predicted molar refractivity (Wildman–Crippen MR) is 125 cm³/mol. The van der Waals surface area contributed by atoms with E-state index in [1.54, 1.807) is 33.2 Å². The van der Waals surface area contributed by atoms with Gasteiger partial charge in [-0.25, -0.2) is 13.1 Å². The third-order valence-corrected chi connectivity index (χ3v) is 6.88. The SMILES string of the molecule is CC(C)(C)NS(=O)(=O)c1ccc(C(=O)Nc2ccc(N3CCCCC3)c3ccncc23)o1. The molecule has 8 nitrogen and oxygen atoms in total. The summed E-state index contributed by atoms with van der Waals surface area (Å²) in [6.07, 6.45) is 7.05. The maximum absolute atomic E-state index is 12.8. The Morgan fingerprint density at radius 2 is 1.78 bits per heavy atom. The zero-order valence-electron chi connectivity index (χ0n) is 18.5. The maximum Gasteiger partial charge on any atom is 0.291 e. The van der Waals surface area contributed by atoms with Crippen molar-refractivity contribution in [1.82, 2.24) is 9.71 Å². The van der Waals surface area contributed by atoms with Gasteiger partial charge in [-0.1, -0.05) is 0 Å². The molecule has 1 amide bonds. The highest BCUT2D eigenvalue weighted by atomic mass is 32.2. The van der Waals surface area contributed by atoms with Crippen molar-refractivity contribution >= 4 is 38.1 Å². The molecule has 0 saturated carbocycles. The van der Waals surface area contributed by atoms with Crippen LogP contribution in [0.4, 0.5) is 11.4 Å². The molecule has 0 unspecified atom stereocenters. The van der Waals surface area contributed by atoms with Crippen LogP contribution in [0.5, 0.6) is 0 Å². The van der Waals surface area contributed by atoms with Gasteiger partial charge in [0.05, 0.1) is 5.69 Å². The second-order valence-corrected chi connectivity index (χ2v) is 10.6. The summed E-state index contributed by atoms with van der Waals surface area (Å²) in [5.74, 6) is -0.616. The molecule has 1 aliphatic rings. The third kappa shape index (κ3) is 4.78. The fourth-order valence-electron chi connectivity index (χ4n) is 3.92. The Labute approximate surface area is 188 Å². The zero-order valence-corrected chi connectivity index (χ0v) is 19.3. The van der Waals surface area contributed by atoms with Gasteiger partial charge in [0.25, 0.3) is 15.9 Å². The number of carbonyl (C=O) groups is 1. The van der Waals surface area contributed by atoms with Gasteiger partial charge >= 0.3 is 0 Å². The quantitative estimate of drug-likeness (QED) is 0.598. The molecule has 0 aliphatic carbocycles. The van der Waals surface area contributed by atoms with Crippen LogP contribution in [-0.2, 0) is 10.0 Å². The molecule has 0 radical (unpaired) electrons. The molecule has 0 atom stereocenters. The molecule has 1 aromatic carbocycles. The molecule has 170 valence electrons. The van der Waals surface area contributed by atoms with E-state index in [9.17, 15) is 13.2 Å². The smallest absolute Gasteiger partial charge is 0.291 e. The number of nitrogens with zero attached hydrogens (tertiary/aromatic N) is 2. The van der Waals surface area contributed by atoms with Crippen LogP contribution in [0.3, 0.4) is 0 Å². The largest absolute Gasteiger partial charge is 0.438 e. The monoisotopic (exact) mass is 456 g/mol. The van der Waals surface area contributed by atoms with E-state index in [-0.39, 0.29) is 10.9 Å². The maximum atomic E-state index is 12.8. The van der Waals surface area contributed by atoms with Crippen LogP contribution < -0.4 is 14.9 Å². The van der Waals surface area contributed by atoms with Crippen molar-refractivity contribution in [2.45, 2.75) is 50.7 Å². The minimum Gasteiger partial charge on any atom is -0.438 e. The molecule has 1 saturated heterocycles. The van der Waals surface area contributed by atoms with Gasteiger partial charge in [-0.05, 0) is 70.4 Å². The van der Waals surface area contributed by atoms with E-state index in [1.807, 2.05) is 18.2 Å². The van der Waals surface area contributed by atoms with Crippen LogP contribution in [0.1, 0.15) is 50.6 Å². The Morgan fingerprint density at radius 3 is 2.50 bits per heavy atom. The van der Waals surface area contributed by atoms with Gasteiger partial charge in [0.1, 0.15) is 0 Å². The molecule has 9 heteroatoms. The number of hydrogen-bond donors (Lipinski definition) is 2. The van der Waals surface area contributed by atoms with Crippen molar-refractivity contribution in [2.24, 2.45) is 0 Å². The zero-order chi connectivity index (χ0) is 22.9. The average molecular weight is 457 g/mol. The van der Waals surface area contributed by atoms with Crippen LogP contribution >= 0.6 is 0 Å². The van der Waals surface area contributed by atoms with Gasteiger partial charge in [0, 0.05) is 47.5 Å². The van der Waals surface area contributed by atoms with Crippen molar-refractivity contribution in [3.8, 4) is 0 Å². The van der Waals surface area contributed by atoms with Crippen molar-refractivity contribution < 1.29 is 17.6 Å². The molecule has 1 fully saturated rings. The fourth-order valence-corrected chi connectivity index (χ4v) is 5.27. The molecular weight excluding hydrogens is 428 g/mol. The highest BCUT2D eigenvalue weighted by molar-refractivity contribution is 7.89. The number of rotatable bonds is 5. The Bertz CT molecular complexity index is 1240. The van der Waals surface area contributed by atoms with E-state index in [1.165, 1.54) is 31.4 Å². The van der Waals surface area contributed by atoms with Gasteiger partial charge in [-0.3, -0.25) is 9.78 Å². The highest BCUT2D eigenvalue weighted by Crippen LogP contribution is 2.33. The summed E-state index contributed by atoms with van der Waals surface area (Å²) < 4.78 is 32.8. The van der Waals surface area contributed by atoms with E-state index in [2.05, 4.69) is 19.9 Å². The third-order valence-electron chi connectivity index (χ3n) is 5.25. The predicted octanol–water partition coefficient (Wildman–Crippen LogP) is 4.15. The lowest BCUT2D eigenvalue weighted by molar-refractivity contribution is 0.0991. The van der Waals surface area contributed by atoms with Crippen molar-refractivity contribution in [3.05, 3.63) is 48.5 Å². The van der Waals surface area contributed by atoms with Crippen molar-refractivity contribution in [1.29, 1.82) is 0 Å². The standard InChI is InChI=1S/C23H28N4O4S/c1-23(2,3)26-32(29,30)21-10-9-20(31-21)22(28)25-18-7-8-19(27-13-5-4-6-14-27)16-11-12-24-15-17(16)18/h7-12,15,26H,4-6,13-14H2,1-3H3,(H,25,28). The Kier molecular flexibility index (Phi) is 5.96. The number of amides is 1. The minimum atomic E-state index is -3.87. The molecule has 4 rings (SSSR count). The molecule has 3 aromatic rings. The lowest BCUT2D eigenvalue weighted by atomic mass is 10.1. The molecule has 1 aliphatic heterocycles. The summed E-state index contributed by atoms with van der Waals surface area (Å²) in [5, 5.41) is 4.36. The second kappa shape index (κ2) is 8.55. The van der Waals surface area contributed by atoms with Gasteiger partial charge < -0.3 is 14.6 Å². The number of furan rings is 1. The fraction of sp³-hybridized carbons (Fsp3) is 0.391. The van der Waals surface area contributed by atoms with E-state index < -0.39 is 21.5 Å². The van der Waals surface area contributed by atoms with Crippen molar-refractivity contribution in [2.75, 3.05) is 23.3 Å². The molecule has 32 heavy (non-hydrogen) atoms. The summed E-state index contributed by atoms with van der Waals surface area (Å²) in [4.78, 5) is 19.4. The van der Waals surface area contributed by atoms with Crippen LogP contribution in [-0.4, -0.2) is 37.9 Å². The number of hydrogen-bond acceptors (Lipinski definition) is 6. The normalized spacial score (nSPS) is 15.2. The summed E-state index contributed by atoms with van der Waals surface area (Å²) in [6.45, 7) is 7.21. The number of piperidine rings is 1. The number of sulfonamides is 1. The number of aromatic nitrogens is 1. The topological polar surface area (TPSA) is 105 Å². The summed E-state index contributed by atoms with van der Waals surface area (Å²) >= 11 is 0. The Hall–Kier alpha value is -2.91. The van der Waals surface area contributed by atoms with Gasteiger partial charge in [-0.15, -0.1) is 0 Å². The molecule has 0 spiro atoms.